The van der Waals surface area contributed by atoms with Gasteiger partial charge in [-0.1, -0.05) is 13.3 Å². The van der Waals surface area contributed by atoms with E-state index in [1.54, 1.807) is 26.0 Å². The highest BCUT2D eigenvalue weighted by Crippen LogP contribution is 2.42. The van der Waals surface area contributed by atoms with Crippen molar-refractivity contribution in [1.29, 1.82) is 0 Å². The molecule has 0 unspecified atom stereocenters. The molecular formula is C29H34FN3O5S. The first-order chi connectivity index (χ1) is 18.8. The average Bonchev–Trinajstić information content (AvgIpc) is 3.14. The number of nitrogens with zero attached hydrogens (tertiary/aromatic N) is 2. The molecule has 1 aromatic carbocycles. The van der Waals surface area contributed by atoms with Gasteiger partial charge in [-0.3, -0.25) is 4.79 Å². The summed E-state index contributed by atoms with van der Waals surface area (Å²) >= 11 is 1.81. The molecule has 0 radical (unpaired) electrons. The van der Waals surface area contributed by atoms with Gasteiger partial charge in [0.05, 0.1) is 16.9 Å². The Bertz CT molecular complexity index is 1390. The van der Waals surface area contributed by atoms with Crippen molar-refractivity contribution in [3.63, 3.8) is 0 Å². The molecule has 5 rings (SSSR count). The van der Waals surface area contributed by atoms with Gasteiger partial charge in [-0.05, 0) is 61.5 Å². The number of ether oxygens (including phenoxy) is 2. The standard InChI is InChI=1S/C29H34FN3O5S/c1-4-29(36)21-11-24-27-20(14-33(24)16-38-25(21)15-37-28(29)35)19(13-31-26(34)8-6-5-7-9-39-3)18-10-17(2)22(30)12-23(18)32-27/h10-12,36H,4-9,13-16H2,1-3H3,(H,31,34)/t29-/m0/s1. The number of esters is 1. The van der Waals surface area contributed by atoms with Gasteiger partial charge in [-0.15, -0.1) is 0 Å². The van der Waals surface area contributed by atoms with Crippen LogP contribution in [-0.4, -0.2) is 57.8 Å². The summed E-state index contributed by atoms with van der Waals surface area (Å²) in [6.07, 6.45) is 7.35. The first-order valence-corrected chi connectivity index (χ1v) is 14.8. The number of pyridine rings is 1. The highest BCUT2D eigenvalue weighted by Gasteiger charge is 2.47. The van der Waals surface area contributed by atoms with Crippen LogP contribution in [0.4, 0.5) is 4.39 Å². The smallest absolute Gasteiger partial charge is 0.343 e. The summed E-state index contributed by atoms with van der Waals surface area (Å²) in [5, 5.41) is 15.1. The van der Waals surface area contributed by atoms with Crippen LogP contribution in [0.25, 0.3) is 16.6 Å². The lowest BCUT2D eigenvalue weighted by Gasteiger charge is -2.31. The lowest BCUT2D eigenvalue weighted by atomic mass is 9.87. The van der Waals surface area contributed by atoms with Crippen molar-refractivity contribution in [3.05, 3.63) is 57.7 Å². The van der Waals surface area contributed by atoms with E-state index >= 15 is 0 Å². The van der Waals surface area contributed by atoms with Gasteiger partial charge in [0.15, 0.2) is 12.3 Å². The number of amides is 1. The number of halogens is 1. The van der Waals surface area contributed by atoms with Crippen molar-refractivity contribution in [2.45, 2.75) is 64.6 Å². The number of hydrogen-bond donors (Lipinski definition) is 2. The Kier molecular flexibility index (Phi) is 7.87. The van der Waals surface area contributed by atoms with Gasteiger partial charge in [0.25, 0.3) is 0 Å². The Balaban J connectivity index is 1.52. The van der Waals surface area contributed by atoms with Crippen LogP contribution < -0.4 is 5.32 Å². The fourth-order valence-electron chi connectivity index (χ4n) is 5.38. The number of cyclic esters (lactones) is 1. The normalized spacial score (nSPS) is 20.1. The van der Waals surface area contributed by atoms with Crippen molar-refractivity contribution < 1.29 is 28.6 Å². The van der Waals surface area contributed by atoms with Crippen LogP contribution in [0.1, 0.15) is 61.4 Å². The molecule has 1 amide bonds. The zero-order chi connectivity index (χ0) is 27.7. The maximum absolute atomic E-state index is 14.6. The van der Waals surface area contributed by atoms with Crippen molar-refractivity contribution in [2.24, 2.45) is 0 Å². The summed E-state index contributed by atoms with van der Waals surface area (Å²) in [5.74, 6) is 0.420. The number of rotatable bonds is 9. The quantitative estimate of drug-likeness (QED) is 0.349. The van der Waals surface area contributed by atoms with Crippen LogP contribution in [0.5, 0.6) is 0 Å². The number of nitrogens with one attached hydrogen (secondary N) is 1. The third-order valence-corrected chi connectivity index (χ3v) is 8.43. The van der Waals surface area contributed by atoms with Crippen LogP contribution >= 0.6 is 11.8 Å². The van der Waals surface area contributed by atoms with Gasteiger partial charge < -0.3 is 24.8 Å². The molecule has 0 spiro atoms. The molecule has 0 fully saturated rings. The molecule has 208 valence electrons. The Morgan fingerprint density at radius 3 is 2.87 bits per heavy atom. The second kappa shape index (κ2) is 11.2. The number of fused-ring (bicyclic) bond motifs is 4. The zero-order valence-corrected chi connectivity index (χ0v) is 23.4. The van der Waals surface area contributed by atoms with Crippen LogP contribution in [0.3, 0.4) is 0 Å². The van der Waals surface area contributed by atoms with E-state index in [-0.39, 0.29) is 38.0 Å². The molecule has 3 aliphatic heterocycles. The summed E-state index contributed by atoms with van der Waals surface area (Å²) < 4.78 is 25.8. The van der Waals surface area contributed by atoms with Gasteiger partial charge in [0, 0.05) is 42.1 Å². The summed E-state index contributed by atoms with van der Waals surface area (Å²) in [5.41, 5.74) is 2.62. The predicted octanol–water partition coefficient (Wildman–Crippen LogP) is 4.32. The Morgan fingerprint density at radius 2 is 2.10 bits per heavy atom. The molecule has 3 aliphatic rings. The molecule has 39 heavy (non-hydrogen) atoms. The topological polar surface area (TPSA) is 101 Å². The second-order valence-corrected chi connectivity index (χ2v) is 11.2. The van der Waals surface area contributed by atoms with Gasteiger partial charge in [-0.2, -0.15) is 11.8 Å². The van der Waals surface area contributed by atoms with Crippen LogP contribution in [0, 0.1) is 12.7 Å². The average molecular weight is 556 g/mol. The number of unbranched alkanes of at least 4 members (excludes halogenated alkanes) is 2. The van der Waals surface area contributed by atoms with Crippen molar-refractivity contribution in [3.8, 4) is 0 Å². The fraction of sp³-hybridized carbons (Fsp3) is 0.483. The number of benzene rings is 1. The first kappa shape index (κ1) is 27.5. The molecular weight excluding hydrogens is 521 g/mol. The number of aliphatic hydroxyl groups is 1. The number of aromatic nitrogens is 1. The third kappa shape index (κ3) is 5.12. The maximum Gasteiger partial charge on any atom is 0.343 e. The number of carbonyl (C=O) groups excluding carboxylic acids is 2. The molecule has 0 bridgehead atoms. The number of hydrogen-bond acceptors (Lipinski definition) is 8. The van der Waals surface area contributed by atoms with E-state index < -0.39 is 11.6 Å². The minimum absolute atomic E-state index is 0.0182. The van der Waals surface area contributed by atoms with E-state index in [1.807, 2.05) is 16.7 Å². The Labute approximate surface area is 231 Å². The third-order valence-electron chi connectivity index (χ3n) is 7.74. The van der Waals surface area contributed by atoms with Gasteiger partial charge >= 0.3 is 5.97 Å². The summed E-state index contributed by atoms with van der Waals surface area (Å²) in [6, 6.07) is 3.20. The van der Waals surface area contributed by atoms with E-state index in [1.165, 1.54) is 6.07 Å². The molecule has 8 nitrogen and oxygen atoms in total. The van der Waals surface area contributed by atoms with Crippen molar-refractivity contribution in [2.75, 3.05) is 25.3 Å². The minimum atomic E-state index is -1.83. The van der Waals surface area contributed by atoms with E-state index in [9.17, 15) is 19.1 Å². The highest BCUT2D eigenvalue weighted by atomic mass is 32.2. The molecule has 2 N–H and O–H groups in total. The maximum atomic E-state index is 14.6. The molecule has 4 heterocycles. The Morgan fingerprint density at radius 1 is 1.28 bits per heavy atom. The number of thioether (sulfide) groups is 1. The molecule has 1 atom stereocenters. The molecule has 0 saturated heterocycles. The molecule has 2 aromatic rings. The SMILES string of the molecule is CC[C@@]1(O)C(=O)OCC2=C1C=C1c3nc4cc(F)c(C)cc4c(CNC(=O)CCCCCSC)c3CN1CO2. The first-order valence-electron chi connectivity index (χ1n) is 13.4. The van der Waals surface area contributed by atoms with Crippen LogP contribution in [0.15, 0.2) is 29.5 Å². The van der Waals surface area contributed by atoms with Crippen LogP contribution in [0.2, 0.25) is 0 Å². The number of aryl methyl sites for hydroxylation is 1. The van der Waals surface area contributed by atoms with Gasteiger partial charge in [0.1, 0.15) is 18.2 Å². The monoisotopic (exact) mass is 555 g/mol. The van der Waals surface area contributed by atoms with Gasteiger partial charge in [-0.25, -0.2) is 14.2 Å². The zero-order valence-electron chi connectivity index (χ0n) is 22.6. The summed E-state index contributed by atoms with van der Waals surface area (Å²) in [4.78, 5) is 32.0. The largest absolute Gasteiger partial charge is 0.473 e. The second-order valence-electron chi connectivity index (χ2n) is 10.2. The predicted molar refractivity (Wildman–Crippen MR) is 148 cm³/mol. The van der Waals surface area contributed by atoms with Crippen LogP contribution in [-0.2, 0) is 32.2 Å². The fourth-order valence-corrected chi connectivity index (χ4v) is 5.88. The van der Waals surface area contributed by atoms with Crippen molar-refractivity contribution in [1.82, 2.24) is 15.2 Å². The lowest BCUT2D eigenvalue weighted by molar-refractivity contribution is -0.165. The lowest BCUT2D eigenvalue weighted by Crippen LogP contribution is -2.45. The molecule has 1 aromatic heterocycles. The Hall–Kier alpha value is -3.11. The molecule has 0 aliphatic carbocycles. The van der Waals surface area contributed by atoms with E-state index in [0.29, 0.717) is 46.8 Å². The highest BCUT2D eigenvalue weighted by molar-refractivity contribution is 7.98. The van der Waals surface area contributed by atoms with Gasteiger partial charge in [0.2, 0.25) is 5.91 Å². The van der Waals surface area contributed by atoms with E-state index in [2.05, 4.69) is 11.6 Å². The molecule has 10 heteroatoms. The van der Waals surface area contributed by atoms with E-state index in [0.717, 1.165) is 41.5 Å². The number of carbonyl (C=O) groups is 2. The minimum Gasteiger partial charge on any atom is -0.473 e. The van der Waals surface area contributed by atoms with Crippen molar-refractivity contribution >= 4 is 40.2 Å². The summed E-state index contributed by atoms with van der Waals surface area (Å²) in [7, 11) is 0. The van der Waals surface area contributed by atoms with E-state index in [4.69, 9.17) is 14.5 Å². The molecule has 0 saturated carbocycles. The summed E-state index contributed by atoms with van der Waals surface area (Å²) in [6.45, 7) is 4.29.